The van der Waals surface area contributed by atoms with Crippen LogP contribution >= 0.6 is 0 Å². The largest absolute Gasteiger partial charge is 0.494 e. The Kier molecular flexibility index (Phi) is 9.54. The standard InChI is InChI=1S/C26H25N3O8/c1-3-34-20-12-10-19(11-13-20)26(31)37-23-14-9-18(15-24(23)35-4-2)16-27-28-25(30)17-36-22-8-6-5-7-21(22)29(32)33/h5-16H,3-4,17H2,1-2H3,(H,28,30). The van der Waals surface area contributed by atoms with Gasteiger partial charge in [-0.05, 0) is 67.9 Å². The number of hydrogen-bond donors (Lipinski definition) is 1. The van der Waals surface area contributed by atoms with Gasteiger partial charge in [0.2, 0.25) is 0 Å². The molecule has 11 heteroatoms. The Balaban J connectivity index is 1.60. The van der Waals surface area contributed by atoms with E-state index in [-0.39, 0.29) is 17.2 Å². The van der Waals surface area contributed by atoms with Gasteiger partial charge in [-0.2, -0.15) is 5.10 Å². The van der Waals surface area contributed by atoms with Gasteiger partial charge < -0.3 is 18.9 Å². The summed E-state index contributed by atoms with van der Waals surface area (Å²) in [6.07, 6.45) is 1.36. The Morgan fingerprint density at radius 2 is 1.65 bits per heavy atom. The number of nitrogens with zero attached hydrogens (tertiary/aromatic N) is 2. The van der Waals surface area contributed by atoms with Crippen molar-refractivity contribution in [1.82, 2.24) is 5.43 Å². The molecule has 0 aromatic heterocycles. The van der Waals surface area contributed by atoms with Crippen molar-refractivity contribution in [3.63, 3.8) is 0 Å². The van der Waals surface area contributed by atoms with Gasteiger partial charge in [-0.1, -0.05) is 12.1 Å². The molecular weight excluding hydrogens is 482 g/mol. The normalized spacial score (nSPS) is 10.5. The van der Waals surface area contributed by atoms with Crippen LogP contribution < -0.4 is 24.4 Å². The van der Waals surface area contributed by atoms with Crippen molar-refractivity contribution in [3.8, 4) is 23.0 Å². The number of carbonyl (C=O) groups is 2. The van der Waals surface area contributed by atoms with Crippen molar-refractivity contribution in [2.24, 2.45) is 5.10 Å². The zero-order valence-electron chi connectivity index (χ0n) is 20.2. The predicted molar refractivity (Wildman–Crippen MR) is 135 cm³/mol. The lowest BCUT2D eigenvalue weighted by Crippen LogP contribution is -2.24. The van der Waals surface area contributed by atoms with Gasteiger partial charge in [0.25, 0.3) is 5.91 Å². The van der Waals surface area contributed by atoms with E-state index in [9.17, 15) is 19.7 Å². The third-order valence-electron chi connectivity index (χ3n) is 4.69. The zero-order valence-corrected chi connectivity index (χ0v) is 20.2. The molecule has 0 aliphatic carbocycles. The van der Waals surface area contributed by atoms with Crippen LogP contribution in [-0.2, 0) is 4.79 Å². The molecule has 0 radical (unpaired) electrons. The fourth-order valence-electron chi connectivity index (χ4n) is 3.05. The first-order chi connectivity index (χ1) is 17.9. The summed E-state index contributed by atoms with van der Waals surface area (Å²) in [6.45, 7) is 4.04. The number of nitrogens with one attached hydrogen (secondary N) is 1. The highest BCUT2D eigenvalue weighted by Gasteiger charge is 2.15. The minimum Gasteiger partial charge on any atom is -0.494 e. The number of carbonyl (C=O) groups excluding carboxylic acids is 2. The maximum absolute atomic E-state index is 12.6. The molecule has 0 heterocycles. The predicted octanol–water partition coefficient (Wildman–Crippen LogP) is 4.14. The molecule has 37 heavy (non-hydrogen) atoms. The zero-order chi connectivity index (χ0) is 26.6. The van der Waals surface area contributed by atoms with Gasteiger partial charge in [0.05, 0.1) is 29.9 Å². The van der Waals surface area contributed by atoms with E-state index in [4.69, 9.17) is 18.9 Å². The number of ether oxygens (including phenoxy) is 4. The molecule has 0 aliphatic rings. The average molecular weight is 507 g/mol. The van der Waals surface area contributed by atoms with Crippen molar-refractivity contribution in [2.75, 3.05) is 19.8 Å². The van der Waals surface area contributed by atoms with Crippen molar-refractivity contribution in [1.29, 1.82) is 0 Å². The molecule has 11 nitrogen and oxygen atoms in total. The second-order valence-corrected chi connectivity index (χ2v) is 7.29. The number of benzene rings is 3. The highest BCUT2D eigenvalue weighted by molar-refractivity contribution is 5.92. The van der Waals surface area contributed by atoms with Crippen molar-refractivity contribution < 1.29 is 33.5 Å². The summed E-state index contributed by atoms with van der Waals surface area (Å²) in [7, 11) is 0. The second kappa shape index (κ2) is 13.2. The first-order valence-electron chi connectivity index (χ1n) is 11.3. The molecule has 192 valence electrons. The Morgan fingerprint density at radius 3 is 2.35 bits per heavy atom. The minimum atomic E-state index is -0.611. The molecule has 0 spiro atoms. The van der Waals surface area contributed by atoms with E-state index in [1.54, 1.807) is 55.5 Å². The summed E-state index contributed by atoms with van der Waals surface area (Å²) in [6, 6.07) is 17.1. The van der Waals surface area contributed by atoms with E-state index in [0.29, 0.717) is 35.8 Å². The van der Waals surface area contributed by atoms with Gasteiger partial charge in [-0.15, -0.1) is 0 Å². The minimum absolute atomic E-state index is 0.0247. The van der Waals surface area contributed by atoms with Crippen molar-refractivity contribution >= 4 is 23.8 Å². The van der Waals surface area contributed by atoms with Gasteiger partial charge in [0, 0.05) is 6.07 Å². The molecule has 0 atom stereocenters. The van der Waals surface area contributed by atoms with Crippen LogP contribution in [0.5, 0.6) is 23.0 Å². The molecule has 1 N–H and O–H groups in total. The molecule has 0 unspecified atom stereocenters. The molecule has 0 bridgehead atoms. The van der Waals surface area contributed by atoms with E-state index < -0.39 is 23.4 Å². The van der Waals surface area contributed by atoms with Crippen molar-refractivity contribution in [3.05, 3.63) is 88.0 Å². The maximum atomic E-state index is 12.6. The van der Waals surface area contributed by atoms with Gasteiger partial charge in [-0.25, -0.2) is 10.2 Å². The third kappa shape index (κ3) is 7.79. The molecule has 0 aliphatic heterocycles. The lowest BCUT2D eigenvalue weighted by atomic mass is 10.2. The van der Waals surface area contributed by atoms with Crippen LogP contribution in [-0.4, -0.2) is 42.8 Å². The lowest BCUT2D eigenvalue weighted by Gasteiger charge is -2.11. The van der Waals surface area contributed by atoms with Gasteiger partial charge in [0.15, 0.2) is 23.9 Å². The number of amides is 1. The summed E-state index contributed by atoms with van der Waals surface area (Å²) in [5, 5.41) is 14.9. The van der Waals surface area contributed by atoms with Crippen LogP contribution in [0.1, 0.15) is 29.8 Å². The number of esters is 1. The maximum Gasteiger partial charge on any atom is 0.343 e. The molecule has 0 saturated carbocycles. The van der Waals surface area contributed by atoms with E-state index in [1.807, 2.05) is 6.92 Å². The Bertz CT molecular complexity index is 1280. The molecular formula is C26H25N3O8. The lowest BCUT2D eigenvalue weighted by molar-refractivity contribution is -0.385. The molecule has 1 amide bonds. The summed E-state index contributed by atoms with van der Waals surface area (Å²) >= 11 is 0. The average Bonchev–Trinajstić information content (AvgIpc) is 2.89. The molecule has 3 rings (SSSR count). The number of rotatable bonds is 12. The summed E-state index contributed by atoms with van der Waals surface area (Å²) in [5.74, 6) is -0.00526. The van der Waals surface area contributed by atoms with Crippen LogP contribution in [0.4, 0.5) is 5.69 Å². The van der Waals surface area contributed by atoms with E-state index in [2.05, 4.69) is 10.5 Å². The number of nitro groups is 1. The second-order valence-electron chi connectivity index (χ2n) is 7.29. The summed E-state index contributed by atoms with van der Waals surface area (Å²) in [4.78, 5) is 35.0. The van der Waals surface area contributed by atoms with Gasteiger partial charge >= 0.3 is 11.7 Å². The molecule has 0 saturated heterocycles. The van der Waals surface area contributed by atoms with Crippen LogP contribution in [0, 0.1) is 10.1 Å². The smallest absolute Gasteiger partial charge is 0.343 e. The van der Waals surface area contributed by atoms with Gasteiger partial charge in [0.1, 0.15) is 5.75 Å². The Hall–Kier alpha value is -4.93. The number of hydrogen-bond acceptors (Lipinski definition) is 9. The van der Waals surface area contributed by atoms with Crippen LogP contribution in [0.2, 0.25) is 0 Å². The van der Waals surface area contributed by atoms with Crippen LogP contribution in [0.3, 0.4) is 0 Å². The topological polar surface area (TPSA) is 139 Å². The number of para-hydroxylation sites is 2. The summed E-state index contributed by atoms with van der Waals surface area (Å²) in [5.41, 5.74) is 2.95. The molecule has 3 aromatic carbocycles. The monoisotopic (exact) mass is 507 g/mol. The first kappa shape index (κ1) is 26.7. The van der Waals surface area contributed by atoms with Crippen molar-refractivity contribution in [2.45, 2.75) is 13.8 Å². The number of hydrazone groups is 1. The van der Waals surface area contributed by atoms with E-state index in [1.165, 1.54) is 24.4 Å². The fourth-order valence-corrected chi connectivity index (χ4v) is 3.05. The quantitative estimate of drug-likeness (QED) is 0.127. The summed E-state index contributed by atoms with van der Waals surface area (Å²) < 4.78 is 21.7. The van der Waals surface area contributed by atoms with E-state index >= 15 is 0 Å². The molecule has 0 fully saturated rings. The molecule has 3 aromatic rings. The Morgan fingerprint density at radius 1 is 0.919 bits per heavy atom. The highest BCUT2D eigenvalue weighted by Crippen LogP contribution is 2.29. The third-order valence-corrected chi connectivity index (χ3v) is 4.69. The van der Waals surface area contributed by atoms with Crippen LogP contribution in [0.25, 0.3) is 0 Å². The van der Waals surface area contributed by atoms with E-state index in [0.717, 1.165) is 0 Å². The first-order valence-corrected chi connectivity index (χ1v) is 11.3. The van der Waals surface area contributed by atoms with Gasteiger partial charge in [-0.3, -0.25) is 14.9 Å². The highest BCUT2D eigenvalue weighted by atomic mass is 16.6. The SMILES string of the molecule is CCOc1ccc(C(=O)Oc2ccc(C=NNC(=O)COc3ccccc3[N+](=O)[O-])cc2OCC)cc1. The number of nitro benzene ring substituents is 1. The fraction of sp³-hybridized carbons (Fsp3) is 0.192. The van der Waals surface area contributed by atoms with Crippen LogP contribution in [0.15, 0.2) is 71.8 Å². The Labute approximate surface area is 212 Å².